The molecule has 0 unspecified atom stereocenters. The minimum Gasteiger partial charge on any atom is -0.494 e. The van der Waals surface area contributed by atoms with Gasteiger partial charge in [0, 0.05) is 28.5 Å². The van der Waals surface area contributed by atoms with Crippen molar-refractivity contribution in [2.75, 3.05) is 13.2 Å². The normalized spacial score (nSPS) is 11.3. The van der Waals surface area contributed by atoms with Crippen molar-refractivity contribution in [1.29, 1.82) is 0 Å². The number of benzene rings is 2. The third-order valence-corrected chi connectivity index (χ3v) is 5.23. The molecule has 138 valence electrons. The van der Waals surface area contributed by atoms with E-state index in [4.69, 9.17) is 4.74 Å². The SMILES string of the molecule is CC(C)CCOc1ccc(SNCCCc2c[nH]c3ccccc23)cc1. The van der Waals surface area contributed by atoms with E-state index in [9.17, 15) is 0 Å². The summed E-state index contributed by atoms with van der Waals surface area (Å²) in [6.45, 7) is 6.20. The molecule has 0 saturated carbocycles. The number of aryl methyl sites for hydroxylation is 1. The van der Waals surface area contributed by atoms with E-state index in [2.05, 4.69) is 78.3 Å². The van der Waals surface area contributed by atoms with E-state index in [-0.39, 0.29) is 0 Å². The second-order valence-corrected chi connectivity index (χ2v) is 7.93. The second kappa shape index (κ2) is 9.70. The molecule has 0 radical (unpaired) electrons. The van der Waals surface area contributed by atoms with Crippen LogP contribution in [0.2, 0.25) is 0 Å². The van der Waals surface area contributed by atoms with Crippen molar-refractivity contribution in [2.24, 2.45) is 5.92 Å². The van der Waals surface area contributed by atoms with Gasteiger partial charge in [-0.2, -0.15) is 0 Å². The van der Waals surface area contributed by atoms with Crippen LogP contribution in [0.3, 0.4) is 0 Å². The fourth-order valence-corrected chi connectivity index (χ4v) is 3.53. The summed E-state index contributed by atoms with van der Waals surface area (Å²) in [5.74, 6) is 1.63. The molecule has 0 atom stereocenters. The van der Waals surface area contributed by atoms with Gasteiger partial charge in [0.05, 0.1) is 6.61 Å². The van der Waals surface area contributed by atoms with Gasteiger partial charge in [-0.3, -0.25) is 4.72 Å². The largest absolute Gasteiger partial charge is 0.494 e. The van der Waals surface area contributed by atoms with Crippen LogP contribution in [0.1, 0.15) is 32.3 Å². The highest BCUT2D eigenvalue weighted by molar-refractivity contribution is 7.97. The number of hydrogen-bond acceptors (Lipinski definition) is 3. The van der Waals surface area contributed by atoms with Crippen LogP contribution in [-0.2, 0) is 6.42 Å². The van der Waals surface area contributed by atoms with Crippen molar-refractivity contribution in [3.8, 4) is 5.75 Å². The molecule has 0 amide bonds. The fourth-order valence-electron chi connectivity index (χ4n) is 2.84. The van der Waals surface area contributed by atoms with Crippen molar-refractivity contribution in [1.82, 2.24) is 9.71 Å². The lowest BCUT2D eigenvalue weighted by molar-refractivity contribution is 0.289. The molecule has 3 aromatic rings. The summed E-state index contributed by atoms with van der Waals surface area (Å²) in [6.07, 6.45) is 5.43. The molecule has 3 nitrogen and oxygen atoms in total. The van der Waals surface area contributed by atoms with Crippen molar-refractivity contribution < 1.29 is 4.74 Å². The molecule has 1 heterocycles. The Hall–Kier alpha value is -1.91. The predicted octanol–water partition coefficient (Wildman–Crippen LogP) is 5.82. The van der Waals surface area contributed by atoms with E-state index in [1.165, 1.54) is 21.4 Å². The number of aromatic nitrogens is 1. The van der Waals surface area contributed by atoms with Gasteiger partial charge < -0.3 is 9.72 Å². The van der Waals surface area contributed by atoms with Gasteiger partial charge in [0.15, 0.2) is 0 Å². The zero-order chi connectivity index (χ0) is 18.2. The monoisotopic (exact) mass is 368 g/mol. The zero-order valence-corrected chi connectivity index (χ0v) is 16.4. The van der Waals surface area contributed by atoms with Crippen molar-refractivity contribution in [2.45, 2.75) is 38.0 Å². The van der Waals surface area contributed by atoms with Crippen LogP contribution in [0, 0.1) is 5.92 Å². The topological polar surface area (TPSA) is 37.0 Å². The second-order valence-electron chi connectivity index (χ2n) is 6.96. The van der Waals surface area contributed by atoms with Crippen LogP contribution < -0.4 is 9.46 Å². The summed E-state index contributed by atoms with van der Waals surface area (Å²) in [5, 5.41) is 1.34. The Bertz CT molecular complexity index is 795. The summed E-state index contributed by atoms with van der Waals surface area (Å²) in [4.78, 5) is 4.56. The number of nitrogens with one attached hydrogen (secondary N) is 2. The number of para-hydroxylation sites is 1. The molecule has 0 fully saturated rings. The molecule has 0 saturated heterocycles. The average molecular weight is 369 g/mol. The molecule has 0 aliphatic rings. The highest BCUT2D eigenvalue weighted by atomic mass is 32.2. The Labute approximate surface area is 160 Å². The van der Waals surface area contributed by atoms with Gasteiger partial charge in [0.2, 0.25) is 0 Å². The molecule has 0 aliphatic heterocycles. The third-order valence-electron chi connectivity index (χ3n) is 4.38. The molecule has 0 bridgehead atoms. The first-order chi connectivity index (χ1) is 12.7. The smallest absolute Gasteiger partial charge is 0.119 e. The fraction of sp³-hybridized carbons (Fsp3) is 0.364. The number of hydrogen-bond donors (Lipinski definition) is 2. The molecule has 2 aromatic carbocycles. The number of H-pyrrole nitrogens is 1. The Kier molecular flexibility index (Phi) is 7.04. The minimum absolute atomic E-state index is 0.679. The predicted molar refractivity (Wildman–Crippen MR) is 112 cm³/mol. The van der Waals surface area contributed by atoms with E-state index in [0.717, 1.165) is 38.2 Å². The Morgan fingerprint density at radius 3 is 2.69 bits per heavy atom. The first-order valence-electron chi connectivity index (χ1n) is 9.40. The Balaban J connectivity index is 1.36. The standard InChI is InChI=1S/C22H28N2OS/c1-17(2)13-15-25-19-9-11-20(12-10-19)26-24-14-5-6-18-16-23-22-8-4-3-7-21(18)22/h3-4,7-12,16-17,23-24H,5-6,13-15H2,1-2H3. The highest BCUT2D eigenvalue weighted by Gasteiger charge is 2.03. The maximum absolute atomic E-state index is 5.76. The van der Waals surface area contributed by atoms with Crippen LogP contribution >= 0.6 is 11.9 Å². The molecular weight excluding hydrogens is 340 g/mol. The summed E-state index contributed by atoms with van der Waals surface area (Å²) in [5.41, 5.74) is 2.62. The van der Waals surface area contributed by atoms with Crippen molar-refractivity contribution in [3.05, 3.63) is 60.3 Å². The van der Waals surface area contributed by atoms with Gasteiger partial charge >= 0.3 is 0 Å². The first kappa shape index (κ1) is 18.9. The summed E-state index contributed by atoms with van der Waals surface area (Å²) in [6, 6.07) is 16.8. The lowest BCUT2D eigenvalue weighted by atomic mass is 10.1. The molecule has 4 heteroatoms. The van der Waals surface area contributed by atoms with Crippen LogP contribution in [0.15, 0.2) is 59.6 Å². The summed E-state index contributed by atoms with van der Waals surface area (Å²) < 4.78 is 9.21. The quantitative estimate of drug-likeness (QED) is 0.349. The van der Waals surface area contributed by atoms with Crippen LogP contribution in [-0.4, -0.2) is 18.1 Å². The zero-order valence-electron chi connectivity index (χ0n) is 15.6. The maximum Gasteiger partial charge on any atom is 0.119 e. The van der Waals surface area contributed by atoms with Gasteiger partial charge in [0.1, 0.15) is 5.75 Å². The van der Waals surface area contributed by atoms with Crippen LogP contribution in [0.4, 0.5) is 0 Å². The molecule has 2 N–H and O–H groups in total. The van der Waals surface area contributed by atoms with Crippen LogP contribution in [0.25, 0.3) is 10.9 Å². The maximum atomic E-state index is 5.76. The Morgan fingerprint density at radius 1 is 1.08 bits per heavy atom. The van der Waals surface area contributed by atoms with Gasteiger partial charge in [0.25, 0.3) is 0 Å². The number of aromatic amines is 1. The molecule has 3 rings (SSSR count). The van der Waals surface area contributed by atoms with E-state index >= 15 is 0 Å². The van der Waals surface area contributed by atoms with Crippen molar-refractivity contribution >= 4 is 22.9 Å². The number of fused-ring (bicyclic) bond motifs is 1. The molecule has 1 aromatic heterocycles. The summed E-state index contributed by atoms with van der Waals surface area (Å²) >= 11 is 1.69. The van der Waals surface area contributed by atoms with E-state index in [1.54, 1.807) is 11.9 Å². The number of ether oxygens (including phenoxy) is 1. The van der Waals surface area contributed by atoms with E-state index in [0.29, 0.717) is 5.92 Å². The molecule has 26 heavy (non-hydrogen) atoms. The van der Waals surface area contributed by atoms with E-state index in [1.807, 2.05) is 0 Å². The Morgan fingerprint density at radius 2 is 1.88 bits per heavy atom. The van der Waals surface area contributed by atoms with E-state index < -0.39 is 0 Å². The number of rotatable bonds is 10. The third kappa shape index (κ3) is 5.55. The molecule has 0 spiro atoms. The lowest BCUT2D eigenvalue weighted by Gasteiger charge is -2.09. The van der Waals surface area contributed by atoms with Crippen molar-refractivity contribution in [3.63, 3.8) is 0 Å². The first-order valence-corrected chi connectivity index (χ1v) is 10.2. The van der Waals surface area contributed by atoms with Gasteiger partial charge in [-0.15, -0.1) is 0 Å². The lowest BCUT2D eigenvalue weighted by Crippen LogP contribution is -2.06. The van der Waals surface area contributed by atoms with Gasteiger partial charge in [-0.1, -0.05) is 32.0 Å². The minimum atomic E-state index is 0.679. The molecule has 0 aliphatic carbocycles. The molecular formula is C22H28N2OS. The van der Waals surface area contributed by atoms with Gasteiger partial charge in [-0.05, 0) is 73.0 Å². The van der Waals surface area contributed by atoms with Crippen LogP contribution in [0.5, 0.6) is 5.75 Å². The average Bonchev–Trinajstić information content (AvgIpc) is 3.06. The van der Waals surface area contributed by atoms with Gasteiger partial charge in [-0.25, -0.2) is 0 Å². The summed E-state index contributed by atoms with van der Waals surface area (Å²) in [7, 11) is 0. The highest BCUT2D eigenvalue weighted by Crippen LogP contribution is 2.21.